The van der Waals surface area contributed by atoms with Gasteiger partial charge in [0.2, 0.25) is 0 Å². The van der Waals surface area contributed by atoms with Crippen LogP contribution in [0.15, 0.2) is 24.3 Å². The van der Waals surface area contributed by atoms with Gasteiger partial charge in [-0.2, -0.15) is 0 Å². The van der Waals surface area contributed by atoms with Gasteiger partial charge in [0.1, 0.15) is 0 Å². The third-order valence-electron chi connectivity index (χ3n) is 3.08. The van der Waals surface area contributed by atoms with E-state index in [1.807, 2.05) is 12.2 Å². The molecular weight excluding hydrogens is 280 g/mol. The van der Waals surface area contributed by atoms with E-state index in [1.165, 1.54) is 0 Å². The van der Waals surface area contributed by atoms with Gasteiger partial charge in [-0.15, -0.1) is 0 Å². The molecule has 0 saturated carbocycles. The molecule has 0 spiro atoms. The average molecular weight is 312 g/mol. The zero-order chi connectivity index (χ0) is 16.5. The maximum absolute atomic E-state index is 10.5. The van der Waals surface area contributed by atoms with Crippen LogP contribution in [0.1, 0.15) is 65.2 Å². The van der Waals surface area contributed by atoms with Gasteiger partial charge in [0.25, 0.3) is 0 Å². The standard InChI is InChI=1S/C18H32O4/c1-3-5-7-11-15-21-18(14-10-9-13-17(19)20)22-16-12-8-6-4-2/h7-8,11-12,18H,3-6,9-10,13-16H2,1-2H3,(H,19,20)/b11-7+,12-8+. The lowest BCUT2D eigenvalue weighted by Crippen LogP contribution is -2.18. The lowest BCUT2D eigenvalue weighted by Gasteiger charge is -2.16. The molecule has 0 aromatic rings. The van der Waals surface area contributed by atoms with Crippen LogP contribution in [0.3, 0.4) is 0 Å². The molecule has 0 aromatic carbocycles. The number of hydrogen-bond acceptors (Lipinski definition) is 3. The van der Waals surface area contributed by atoms with Crippen molar-refractivity contribution in [2.45, 2.75) is 71.5 Å². The molecule has 0 unspecified atom stereocenters. The number of hydrogen-bond donors (Lipinski definition) is 1. The molecule has 0 aliphatic heterocycles. The molecule has 4 nitrogen and oxygen atoms in total. The Morgan fingerprint density at radius 3 is 1.95 bits per heavy atom. The van der Waals surface area contributed by atoms with Gasteiger partial charge in [0.05, 0.1) is 13.2 Å². The summed E-state index contributed by atoms with van der Waals surface area (Å²) in [4.78, 5) is 10.5. The lowest BCUT2D eigenvalue weighted by molar-refractivity contribution is -0.138. The second-order valence-electron chi connectivity index (χ2n) is 5.26. The number of ether oxygens (including phenoxy) is 2. The van der Waals surface area contributed by atoms with Gasteiger partial charge in [-0.05, 0) is 32.1 Å². The van der Waals surface area contributed by atoms with Crippen molar-refractivity contribution in [3.8, 4) is 0 Å². The molecule has 22 heavy (non-hydrogen) atoms. The van der Waals surface area contributed by atoms with E-state index in [0.717, 1.165) is 38.5 Å². The minimum Gasteiger partial charge on any atom is -0.481 e. The molecule has 0 saturated heterocycles. The summed E-state index contributed by atoms with van der Waals surface area (Å²) >= 11 is 0. The van der Waals surface area contributed by atoms with Gasteiger partial charge >= 0.3 is 5.97 Å². The first-order chi connectivity index (χ1) is 10.7. The second kappa shape index (κ2) is 16.2. The highest BCUT2D eigenvalue weighted by Crippen LogP contribution is 2.09. The van der Waals surface area contributed by atoms with Gasteiger partial charge in [-0.1, -0.05) is 51.0 Å². The summed E-state index contributed by atoms with van der Waals surface area (Å²) in [5, 5.41) is 8.65. The van der Waals surface area contributed by atoms with Crippen LogP contribution >= 0.6 is 0 Å². The van der Waals surface area contributed by atoms with E-state index in [9.17, 15) is 4.79 Å². The van der Waals surface area contributed by atoms with Crippen LogP contribution in [0, 0.1) is 0 Å². The Balaban J connectivity index is 3.98. The van der Waals surface area contributed by atoms with Gasteiger partial charge in [0.15, 0.2) is 6.29 Å². The van der Waals surface area contributed by atoms with Crippen LogP contribution < -0.4 is 0 Å². The normalized spacial score (nSPS) is 12.0. The number of rotatable bonds is 15. The molecule has 1 N–H and O–H groups in total. The van der Waals surface area contributed by atoms with E-state index in [1.54, 1.807) is 0 Å². The molecule has 0 aliphatic rings. The Kier molecular flexibility index (Phi) is 15.4. The summed E-state index contributed by atoms with van der Waals surface area (Å²) in [5.41, 5.74) is 0. The first-order valence-corrected chi connectivity index (χ1v) is 8.45. The number of aliphatic carboxylic acids is 1. The highest BCUT2D eigenvalue weighted by molar-refractivity contribution is 5.66. The third-order valence-corrected chi connectivity index (χ3v) is 3.08. The zero-order valence-corrected chi connectivity index (χ0v) is 14.1. The van der Waals surface area contributed by atoms with E-state index in [-0.39, 0.29) is 12.7 Å². The van der Waals surface area contributed by atoms with Gasteiger partial charge < -0.3 is 14.6 Å². The number of allylic oxidation sites excluding steroid dienone is 2. The second-order valence-corrected chi connectivity index (χ2v) is 5.26. The fourth-order valence-electron chi connectivity index (χ4n) is 1.83. The summed E-state index contributed by atoms with van der Waals surface area (Å²) in [6.07, 6.45) is 14.8. The summed E-state index contributed by atoms with van der Waals surface area (Å²) < 4.78 is 11.4. The summed E-state index contributed by atoms with van der Waals surface area (Å²) in [6, 6.07) is 0. The fraction of sp³-hybridized carbons (Fsp3) is 0.722. The van der Waals surface area contributed by atoms with E-state index in [4.69, 9.17) is 14.6 Å². The van der Waals surface area contributed by atoms with E-state index >= 15 is 0 Å². The molecule has 0 amide bonds. The van der Waals surface area contributed by atoms with E-state index in [2.05, 4.69) is 26.0 Å². The van der Waals surface area contributed by atoms with E-state index in [0.29, 0.717) is 19.6 Å². The van der Waals surface area contributed by atoms with Crippen molar-refractivity contribution in [2.75, 3.05) is 13.2 Å². The van der Waals surface area contributed by atoms with Crippen molar-refractivity contribution < 1.29 is 19.4 Å². The smallest absolute Gasteiger partial charge is 0.303 e. The van der Waals surface area contributed by atoms with Gasteiger partial charge in [-0.3, -0.25) is 4.79 Å². The lowest BCUT2D eigenvalue weighted by atomic mass is 10.2. The number of unbranched alkanes of at least 4 members (excludes halogenated alkanes) is 3. The number of carboxylic acids is 1. The van der Waals surface area contributed by atoms with Crippen LogP contribution in [0.2, 0.25) is 0 Å². The van der Waals surface area contributed by atoms with Crippen molar-refractivity contribution >= 4 is 5.97 Å². The molecule has 0 atom stereocenters. The first-order valence-electron chi connectivity index (χ1n) is 8.45. The Morgan fingerprint density at radius 2 is 1.50 bits per heavy atom. The Morgan fingerprint density at radius 1 is 0.955 bits per heavy atom. The maximum Gasteiger partial charge on any atom is 0.303 e. The minimum atomic E-state index is -0.747. The highest BCUT2D eigenvalue weighted by Gasteiger charge is 2.08. The first kappa shape index (κ1) is 20.9. The number of carboxylic acid groups (broad SMARTS) is 1. The van der Waals surface area contributed by atoms with Crippen LogP contribution in [-0.4, -0.2) is 30.6 Å². The largest absolute Gasteiger partial charge is 0.481 e. The topological polar surface area (TPSA) is 55.8 Å². The quantitative estimate of drug-likeness (QED) is 0.270. The van der Waals surface area contributed by atoms with Crippen LogP contribution in [0.5, 0.6) is 0 Å². The zero-order valence-electron chi connectivity index (χ0n) is 14.1. The average Bonchev–Trinajstić information content (AvgIpc) is 2.50. The van der Waals surface area contributed by atoms with Gasteiger partial charge in [-0.25, -0.2) is 0 Å². The monoisotopic (exact) mass is 312 g/mol. The minimum absolute atomic E-state index is 0.208. The predicted octanol–water partition coefficient (Wildman–Crippen LogP) is 4.70. The summed E-state index contributed by atoms with van der Waals surface area (Å²) in [5.74, 6) is -0.747. The molecule has 0 fully saturated rings. The molecule has 128 valence electrons. The molecule has 0 radical (unpaired) electrons. The molecule has 0 heterocycles. The number of carbonyl (C=O) groups is 1. The molecule has 0 aliphatic carbocycles. The Labute approximate surface area is 135 Å². The molecule has 4 heteroatoms. The van der Waals surface area contributed by atoms with Crippen molar-refractivity contribution in [1.29, 1.82) is 0 Å². The molecule has 0 bridgehead atoms. The highest BCUT2D eigenvalue weighted by atomic mass is 16.7. The van der Waals surface area contributed by atoms with Crippen LogP contribution in [0.25, 0.3) is 0 Å². The molecular formula is C18H32O4. The predicted molar refractivity (Wildman–Crippen MR) is 89.9 cm³/mol. The molecule has 0 aromatic heterocycles. The van der Waals surface area contributed by atoms with Crippen LogP contribution in [0.4, 0.5) is 0 Å². The van der Waals surface area contributed by atoms with Crippen molar-refractivity contribution in [3.63, 3.8) is 0 Å². The van der Waals surface area contributed by atoms with Crippen molar-refractivity contribution in [3.05, 3.63) is 24.3 Å². The fourth-order valence-corrected chi connectivity index (χ4v) is 1.83. The van der Waals surface area contributed by atoms with Gasteiger partial charge in [0, 0.05) is 6.42 Å². The van der Waals surface area contributed by atoms with Crippen molar-refractivity contribution in [1.82, 2.24) is 0 Å². The summed E-state index contributed by atoms with van der Waals surface area (Å²) in [7, 11) is 0. The Bertz CT molecular complexity index is 290. The third kappa shape index (κ3) is 15.3. The molecule has 0 rings (SSSR count). The SMILES string of the molecule is CCC/C=C/COC(CCCCC(=O)O)OC/C=C/CCC. The van der Waals surface area contributed by atoms with Crippen molar-refractivity contribution in [2.24, 2.45) is 0 Å². The van der Waals surface area contributed by atoms with E-state index < -0.39 is 5.97 Å². The Hall–Kier alpha value is -1.13. The maximum atomic E-state index is 10.5. The van der Waals surface area contributed by atoms with Crippen LogP contribution in [-0.2, 0) is 14.3 Å². The summed E-state index contributed by atoms with van der Waals surface area (Å²) in [6.45, 7) is 5.37.